The summed E-state index contributed by atoms with van der Waals surface area (Å²) >= 11 is 3.56. The summed E-state index contributed by atoms with van der Waals surface area (Å²) in [5.41, 5.74) is 6.28. The van der Waals surface area contributed by atoms with Gasteiger partial charge >= 0.3 is 0 Å². The van der Waals surface area contributed by atoms with E-state index in [1.165, 1.54) is 5.56 Å². The van der Waals surface area contributed by atoms with Gasteiger partial charge in [-0.15, -0.1) is 0 Å². The highest BCUT2D eigenvalue weighted by Gasteiger charge is 2.21. The number of rotatable bonds is 4. The zero-order chi connectivity index (χ0) is 14.0. The summed E-state index contributed by atoms with van der Waals surface area (Å²) in [7, 11) is 0. The van der Waals surface area contributed by atoms with E-state index in [0.29, 0.717) is 0 Å². The Morgan fingerprint density at radius 1 is 1.26 bits per heavy atom. The Morgan fingerprint density at radius 2 is 1.89 bits per heavy atom. The topological polar surface area (TPSA) is 55.9 Å². The molecular weight excluding hydrogens is 304 g/mol. The highest BCUT2D eigenvalue weighted by molar-refractivity contribution is 9.10. The van der Waals surface area contributed by atoms with Gasteiger partial charge in [0.1, 0.15) is 0 Å². The van der Waals surface area contributed by atoms with E-state index in [1.807, 2.05) is 10.9 Å². The first-order valence-corrected chi connectivity index (χ1v) is 7.09. The van der Waals surface area contributed by atoms with E-state index in [4.69, 9.17) is 5.84 Å². The van der Waals surface area contributed by atoms with Crippen LogP contribution in [0.2, 0.25) is 0 Å². The smallest absolute Gasteiger partial charge is 0.0889 e. The van der Waals surface area contributed by atoms with Crippen LogP contribution in [0.15, 0.2) is 34.9 Å². The number of hydrogen-bond donors (Lipinski definition) is 2. The predicted octanol–water partition coefficient (Wildman–Crippen LogP) is 3.09. The Kier molecular flexibility index (Phi) is 4.39. The quantitative estimate of drug-likeness (QED) is 0.671. The number of halogens is 1. The third kappa shape index (κ3) is 2.88. The monoisotopic (exact) mass is 322 g/mol. The minimum atomic E-state index is -0.0834. The van der Waals surface area contributed by atoms with Crippen molar-refractivity contribution in [3.63, 3.8) is 0 Å². The summed E-state index contributed by atoms with van der Waals surface area (Å²) in [6.07, 6.45) is 1.81. The summed E-state index contributed by atoms with van der Waals surface area (Å²) in [4.78, 5) is 0. The Morgan fingerprint density at radius 3 is 2.42 bits per heavy atom. The molecule has 1 aromatic carbocycles. The molecule has 19 heavy (non-hydrogen) atoms. The van der Waals surface area contributed by atoms with Crippen molar-refractivity contribution >= 4 is 15.9 Å². The summed E-state index contributed by atoms with van der Waals surface area (Å²) < 4.78 is 2.94. The average molecular weight is 323 g/mol. The largest absolute Gasteiger partial charge is 0.271 e. The molecule has 102 valence electrons. The molecule has 0 spiro atoms. The minimum absolute atomic E-state index is 0.0834. The van der Waals surface area contributed by atoms with Gasteiger partial charge in [0, 0.05) is 6.04 Å². The van der Waals surface area contributed by atoms with Gasteiger partial charge in [-0.25, -0.2) is 5.43 Å². The van der Waals surface area contributed by atoms with Crippen LogP contribution >= 0.6 is 15.9 Å². The van der Waals surface area contributed by atoms with Crippen LogP contribution < -0.4 is 11.3 Å². The lowest BCUT2D eigenvalue weighted by Crippen LogP contribution is -2.31. The maximum atomic E-state index is 5.76. The van der Waals surface area contributed by atoms with E-state index in [9.17, 15) is 0 Å². The van der Waals surface area contributed by atoms with Crippen LogP contribution in [0.3, 0.4) is 0 Å². The molecule has 0 amide bonds. The van der Waals surface area contributed by atoms with Crippen molar-refractivity contribution in [3.05, 3.63) is 51.8 Å². The van der Waals surface area contributed by atoms with E-state index in [-0.39, 0.29) is 12.1 Å². The molecular formula is C14H19BrN4. The Bertz CT molecular complexity index is 545. The molecule has 0 aliphatic heterocycles. The second-order valence-corrected chi connectivity index (χ2v) is 5.78. The van der Waals surface area contributed by atoms with E-state index >= 15 is 0 Å². The Hall–Kier alpha value is -1.17. The predicted molar refractivity (Wildman–Crippen MR) is 80.7 cm³/mol. The van der Waals surface area contributed by atoms with Gasteiger partial charge in [-0.05, 0) is 42.3 Å². The third-order valence-corrected chi connectivity index (χ3v) is 3.74. The number of nitrogens with one attached hydrogen (secondary N) is 1. The molecule has 1 atom stereocenters. The van der Waals surface area contributed by atoms with Crippen LogP contribution in [0.1, 0.15) is 42.8 Å². The summed E-state index contributed by atoms with van der Waals surface area (Å²) in [6, 6.07) is 8.55. The maximum Gasteiger partial charge on any atom is 0.0889 e. The van der Waals surface area contributed by atoms with Crippen LogP contribution in [0.5, 0.6) is 0 Å². The lowest BCUT2D eigenvalue weighted by Gasteiger charge is -2.21. The van der Waals surface area contributed by atoms with Crippen LogP contribution in [-0.2, 0) is 0 Å². The highest BCUT2D eigenvalue weighted by Crippen LogP contribution is 2.30. The fourth-order valence-corrected chi connectivity index (χ4v) is 2.63. The molecule has 1 heterocycles. The molecule has 5 heteroatoms. The number of nitrogens with two attached hydrogens (primary N) is 1. The lowest BCUT2D eigenvalue weighted by molar-refractivity contribution is 0.475. The number of aryl methyl sites for hydroxylation is 1. The number of aromatic nitrogens is 2. The van der Waals surface area contributed by atoms with Crippen LogP contribution in [0.25, 0.3) is 0 Å². The van der Waals surface area contributed by atoms with Crippen molar-refractivity contribution in [3.8, 4) is 0 Å². The zero-order valence-corrected chi connectivity index (χ0v) is 13.0. The summed E-state index contributed by atoms with van der Waals surface area (Å²) in [5.74, 6) is 5.76. The third-order valence-electron chi connectivity index (χ3n) is 3.13. The Labute approximate surface area is 122 Å². The molecule has 0 saturated carbocycles. The molecule has 0 saturated heterocycles. The minimum Gasteiger partial charge on any atom is -0.271 e. The van der Waals surface area contributed by atoms with Crippen LogP contribution in [0, 0.1) is 6.92 Å². The molecule has 0 fully saturated rings. The SMILES string of the molecule is Cc1ccc(C(NN)c2c(Br)cnn2C(C)C)cc1. The fourth-order valence-electron chi connectivity index (χ4n) is 2.12. The second-order valence-electron chi connectivity index (χ2n) is 4.93. The first-order valence-electron chi connectivity index (χ1n) is 6.30. The van der Waals surface area contributed by atoms with Crippen molar-refractivity contribution in [2.75, 3.05) is 0 Å². The zero-order valence-electron chi connectivity index (χ0n) is 11.4. The van der Waals surface area contributed by atoms with Gasteiger partial charge in [-0.3, -0.25) is 10.5 Å². The second kappa shape index (κ2) is 5.86. The van der Waals surface area contributed by atoms with Crippen molar-refractivity contribution in [2.24, 2.45) is 5.84 Å². The van der Waals surface area contributed by atoms with Crippen molar-refractivity contribution in [1.29, 1.82) is 0 Å². The van der Waals surface area contributed by atoms with Crippen molar-refractivity contribution in [2.45, 2.75) is 32.9 Å². The number of nitrogens with zero attached hydrogens (tertiary/aromatic N) is 2. The van der Waals surface area contributed by atoms with Crippen LogP contribution in [-0.4, -0.2) is 9.78 Å². The van der Waals surface area contributed by atoms with E-state index in [0.717, 1.165) is 15.7 Å². The summed E-state index contributed by atoms with van der Waals surface area (Å²) in [6.45, 7) is 6.28. The maximum absolute atomic E-state index is 5.76. The van der Waals surface area contributed by atoms with E-state index < -0.39 is 0 Å². The van der Waals surface area contributed by atoms with Gasteiger partial charge in [0.15, 0.2) is 0 Å². The fraction of sp³-hybridized carbons (Fsp3) is 0.357. The van der Waals surface area contributed by atoms with E-state index in [1.54, 1.807) is 0 Å². The standard InChI is InChI=1S/C14H19BrN4/c1-9(2)19-14(12(15)8-17-19)13(18-16)11-6-4-10(3)5-7-11/h4-9,13,18H,16H2,1-3H3. The molecule has 3 N–H and O–H groups in total. The normalized spacial score (nSPS) is 12.9. The van der Waals surface area contributed by atoms with Gasteiger partial charge in [-0.1, -0.05) is 29.8 Å². The van der Waals surface area contributed by atoms with Gasteiger partial charge in [-0.2, -0.15) is 5.10 Å². The average Bonchev–Trinajstić information content (AvgIpc) is 2.75. The first-order chi connectivity index (χ1) is 9.04. The van der Waals surface area contributed by atoms with Crippen LogP contribution in [0.4, 0.5) is 0 Å². The molecule has 0 radical (unpaired) electrons. The summed E-state index contributed by atoms with van der Waals surface area (Å²) in [5, 5.41) is 4.40. The van der Waals surface area contributed by atoms with Gasteiger partial charge in [0.05, 0.1) is 22.4 Å². The molecule has 0 aliphatic carbocycles. The molecule has 2 rings (SSSR count). The lowest BCUT2D eigenvalue weighted by atomic mass is 10.0. The molecule has 0 aliphatic rings. The number of hydrazine groups is 1. The molecule has 0 bridgehead atoms. The van der Waals surface area contributed by atoms with E-state index in [2.05, 4.69) is 71.5 Å². The molecule has 1 aromatic heterocycles. The highest BCUT2D eigenvalue weighted by atomic mass is 79.9. The van der Waals surface area contributed by atoms with Gasteiger partial charge in [0.25, 0.3) is 0 Å². The van der Waals surface area contributed by atoms with Gasteiger partial charge < -0.3 is 0 Å². The number of benzene rings is 1. The van der Waals surface area contributed by atoms with Crippen molar-refractivity contribution in [1.82, 2.24) is 15.2 Å². The van der Waals surface area contributed by atoms with Crippen molar-refractivity contribution < 1.29 is 0 Å². The molecule has 1 unspecified atom stereocenters. The molecule has 2 aromatic rings. The first kappa shape index (κ1) is 14.2. The van der Waals surface area contributed by atoms with Gasteiger partial charge in [0.2, 0.25) is 0 Å². The number of hydrogen-bond acceptors (Lipinski definition) is 3. The Balaban J connectivity index is 2.47. The molecule has 4 nitrogen and oxygen atoms in total.